The van der Waals surface area contributed by atoms with Crippen LogP contribution >= 0.6 is 0 Å². The van der Waals surface area contributed by atoms with Crippen LogP contribution in [0.15, 0.2) is 18.2 Å². The summed E-state index contributed by atoms with van der Waals surface area (Å²) in [5, 5.41) is 0. The first-order chi connectivity index (χ1) is 7.70. The van der Waals surface area contributed by atoms with Gasteiger partial charge in [-0.05, 0) is 36.3 Å². The van der Waals surface area contributed by atoms with Crippen molar-refractivity contribution in [2.45, 2.75) is 6.92 Å². The van der Waals surface area contributed by atoms with Gasteiger partial charge in [0, 0.05) is 6.08 Å². The summed E-state index contributed by atoms with van der Waals surface area (Å²) in [5.41, 5.74) is 1.93. The van der Waals surface area contributed by atoms with Gasteiger partial charge in [-0.3, -0.25) is 0 Å². The Morgan fingerprint density at radius 2 is 2.06 bits per heavy atom. The highest BCUT2D eigenvalue weighted by Crippen LogP contribution is 2.34. The van der Waals surface area contributed by atoms with Crippen LogP contribution in [0, 0.1) is 6.92 Å². The van der Waals surface area contributed by atoms with Gasteiger partial charge in [0.1, 0.15) is 0 Å². The summed E-state index contributed by atoms with van der Waals surface area (Å²) in [6, 6.07) is 3.73. The van der Waals surface area contributed by atoms with Gasteiger partial charge in [-0.15, -0.1) is 0 Å². The third kappa shape index (κ3) is 2.00. The molecule has 0 spiro atoms. The number of hydrogen-bond donors (Lipinski definition) is 0. The lowest BCUT2D eigenvalue weighted by Gasteiger charge is -2.02. The molecule has 1 aromatic rings. The number of benzene rings is 1. The van der Waals surface area contributed by atoms with Crippen molar-refractivity contribution in [3.63, 3.8) is 0 Å². The van der Waals surface area contributed by atoms with E-state index in [1.165, 1.54) is 13.2 Å². The van der Waals surface area contributed by atoms with Crippen molar-refractivity contribution in [1.82, 2.24) is 0 Å². The highest BCUT2D eigenvalue weighted by Gasteiger charge is 2.14. The largest absolute Gasteiger partial charge is 0.466 e. The van der Waals surface area contributed by atoms with Gasteiger partial charge in [-0.25, -0.2) is 4.79 Å². The number of rotatable bonds is 2. The Kier molecular flexibility index (Phi) is 2.81. The standard InChI is InChI=1S/C12H12O4/c1-8-5-10-11(16-7-15-10)6-9(8)3-4-12(13)14-2/h3-6H,7H2,1-2H3/b4-3+. The molecule has 84 valence electrons. The van der Waals surface area contributed by atoms with Crippen LogP contribution in [-0.4, -0.2) is 19.9 Å². The van der Waals surface area contributed by atoms with E-state index in [0.717, 1.165) is 16.9 Å². The zero-order valence-electron chi connectivity index (χ0n) is 9.15. The summed E-state index contributed by atoms with van der Waals surface area (Å²) >= 11 is 0. The van der Waals surface area contributed by atoms with E-state index in [1.54, 1.807) is 6.08 Å². The molecule has 4 heteroatoms. The molecule has 0 radical (unpaired) electrons. The lowest BCUT2D eigenvalue weighted by Crippen LogP contribution is -1.93. The van der Waals surface area contributed by atoms with Gasteiger partial charge >= 0.3 is 5.97 Å². The number of carbonyl (C=O) groups excluding carboxylic acids is 1. The van der Waals surface area contributed by atoms with Crippen molar-refractivity contribution >= 4 is 12.0 Å². The average molecular weight is 220 g/mol. The van der Waals surface area contributed by atoms with Crippen molar-refractivity contribution in [2.75, 3.05) is 13.9 Å². The summed E-state index contributed by atoms with van der Waals surface area (Å²) in [6.45, 7) is 2.19. The summed E-state index contributed by atoms with van der Waals surface area (Å²) in [7, 11) is 1.35. The lowest BCUT2D eigenvalue weighted by atomic mass is 10.1. The molecule has 0 N–H and O–H groups in total. The van der Waals surface area contributed by atoms with Crippen LogP contribution in [0.1, 0.15) is 11.1 Å². The molecular weight excluding hydrogens is 208 g/mol. The molecule has 16 heavy (non-hydrogen) atoms. The van der Waals surface area contributed by atoms with Crippen molar-refractivity contribution in [3.05, 3.63) is 29.3 Å². The van der Waals surface area contributed by atoms with E-state index < -0.39 is 0 Å². The number of carbonyl (C=O) groups is 1. The van der Waals surface area contributed by atoms with E-state index in [-0.39, 0.29) is 12.8 Å². The molecule has 1 aliphatic rings. The Balaban J connectivity index is 2.28. The summed E-state index contributed by atoms with van der Waals surface area (Å²) in [5.74, 6) is 1.07. The molecule has 2 rings (SSSR count). The zero-order chi connectivity index (χ0) is 11.5. The Morgan fingerprint density at radius 3 is 2.75 bits per heavy atom. The molecule has 0 unspecified atom stereocenters. The molecule has 0 saturated heterocycles. The Bertz CT molecular complexity index is 449. The minimum absolute atomic E-state index is 0.249. The quantitative estimate of drug-likeness (QED) is 0.564. The van der Waals surface area contributed by atoms with Crippen LogP contribution < -0.4 is 9.47 Å². The summed E-state index contributed by atoms with van der Waals surface area (Å²) < 4.78 is 15.0. The van der Waals surface area contributed by atoms with Crippen molar-refractivity contribution < 1.29 is 19.0 Å². The first-order valence-corrected chi connectivity index (χ1v) is 4.87. The lowest BCUT2D eigenvalue weighted by molar-refractivity contribution is -0.134. The number of aryl methyl sites for hydroxylation is 1. The molecule has 0 saturated carbocycles. The molecular formula is C12H12O4. The summed E-state index contributed by atoms with van der Waals surface area (Å²) in [6.07, 6.45) is 3.08. The van der Waals surface area contributed by atoms with Gasteiger partial charge in [0.2, 0.25) is 6.79 Å². The Hall–Kier alpha value is -1.97. The highest BCUT2D eigenvalue weighted by atomic mass is 16.7. The van der Waals surface area contributed by atoms with Gasteiger partial charge < -0.3 is 14.2 Å². The number of methoxy groups -OCH3 is 1. The van der Waals surface area contributed by atoms with Gasteiger partial charge in [-0.1, -0.05) is 0 Å². The van der Waals surface area contributed by atoms with Gasteiger partial charge in [0.25, 0.3) is 0 Å². The minimum atomic E-state index is -0.378. The van der Waals surface area contributed by atoms with E-state index in [9.17, 15) is 4.79 Å². The van der Waals surface area contributed by atoms with Crippen LogP contribution in [0.5, 0.6) is 11.5 Å². The molecule has 1 aromatic carbocycles. The second kappa shape index (κ2) is 4.26. The maximum Gasteiger partial charge on any atom is 0.330 e. The SMILES string of the molecule is COC(=O)/C=C/c1cc2c(cc1C)OCO2. The molecule has 0 amide bonds. The van der Waals surface area contributed by atoms with E-state index in [1.807, 2.05) is 19.1 Å². The normalized spacial score (nSPS) is 13.1. The Labute approximate surface area is 93.4 Å². The van der Waals surface area contributed by atoms with E-state index in [0.29, 0.717) is 5.75 Å². The molecule has 0 atom stereocenters. The molecule has 1 heterocycles. The van der Waals surface area contributed by atoms with Crippen molar-refractivity contribution in [1.29, 1.82) is 0 Å². The maximum atomic E-state index is 11.0. The molecule has 0 fully saturated rings. The fourth-order valence-electron chi connectivity index (χ4n) is 1.46. The molecule has 4 nitrogen and oxygen atoms in total. The maximum absolute atomic E-state index is 11.0. The Morgan fingerprint density at radius 1 is 1.38 bits per heavy atom. The fourth-order valence-corrected chi connectivity index (χ4v) is 1.46. The van der Waals surface area contributed by atoms with Crippen LogP contribution in [0.3, 0.4) is 0 Å². The fraction of sp³-hybridized carbons (Fsp3) is 0.250. The zero-order valence-corrected chi connectivity index (χ0v) is 9.15. The monoisotopic (exact) mass is 220 g/mol. The first kappa shape index (κ1) is 10.5. The van der Waals surface area contributed by atoms with E-state index >= 15 is 0 Å². The minimum Gasteiger partial charge on any atom is -0.466 e. The van der Waals surface area contributed by atoms with E-state index in [2.05, 4.69) is 4.74 Å². The van der Waals surface area contributed by atoms with Crippen LogP contribution in [0.25, 0.3) is 6.08 Å². The molecule has 0 bridgehead atoms. The third-order valence-corrected chi connectivity index (χ3v) is 2.36. The molecule has 0 aromatic heterocycles. The highest BCUT2D eigenvalue weighted by molar-refractivity contribution is 5.87. The number of fused-ring (bicyclic) bond motifs is 1. The average Bonchev–Trinajstić information content (AvgIpc) is 2.72. The summed E-state index contributed by atoms with van der Waals surface area (Å²) in [4.78, 5) is 11.0. The molecule has 1 aliphatic heterocycles. The predicted octanol–water partition coefficient (Wildman–Crippen LogP) is 1.91. The van der Waals surface area contributed by atoms with E-state index in [4.69, 9.17) is 9.47 Å². The van der Waals surface area contributed by atoms with Crippen molar-refractivity contribution in [3.8, 4) is 11.5 Å². The van der Waals surface area contributed by atoms with Crippen molar-refractivity contribution in [2.24, 2.45) is 0 Å². The topological polar surface area (TPSA) is 44.8 Å². The number of hydrogen-bond acceptors (Lipinski definition) is 4. The smallest absolute Gasteiger partial charge is 0.330 e. The van der Waals surface area contributed by atoms with Crippen LogP contribution in [0.2, 0.25) is 0 Å². The second-order valence-electron chi connectivity index (χ2n) is 3.42. The predicted molar refractivity (Wildman–Crippen MR) is 58.4 cm³/mol. The second-order valence-corrected chi connectivity index (χ2v) is 3.42. The third-order valence-electron chi connectivity index (χ3n) is 2.36. The number of ether oxygens (including phenoxy) is 3. The molecule has 0 aliphatic carbocycles. The first-order valence-electron chi connectivity index (χ1n) is 4.87. The van der Waals surface area contributed by atoms with Crippen LogP contribution in [0.4, 0.5) is 0 Å². The number of esters is 1. The van der Waals surface area contributed by atoms with Gasteiger partial charge in [0.05, 0.1) is 7.11 Å². The van der Waals surface area contributed by atoms with Gasteiger partial charge in [0.15, 0.2) is 11.5 Å². The van der Waals surface area contributed by atoms with Crippen LogP contribution in [-0.2, 0) is 9.53 Å². The van der Waals surface area contributed by atoms with Gasteiger partial charge in [-0.2, -0.15) is 0 Å².